The van der Waals surface area contributed by atoms with Gasteiger partial charge in [0.2, 0.25) is 0 Å². The van der Waals surface area contributed by atoms with Gasteiger partial charge in [-0.05, 0) is 41.8 Å². The van der Waals surface area contributed by atoms with E-state index >= 15 is 0 Å². The summed E-state index contributed by atoms with van der Waals surface area (Å²) in [5.41, 5.74) is 4.45. The Morgan fingerprint density at radius 1 is 1.06 bits per heavy atom. The summed E-state index contributed by atoms with van der Waals surface area (Å²) >= 11 is 0. The van der Waals surface area contributed by atoms with Crippen molar-refractivity contribution in [2.45, 2.75) is 18.5 Å². The number of Topliss-reactive ketones (excluding diaryl/α,β-unsaturated/α-hetero) is 1. The average molecular weight is 479 g/mol. The molecule has 4 aromatic rings. The quantitative estimate of drug-likeness (QED) is 0.316. The van der Waals surface area contributed by atoms with Gasteiger partial charge in [-0.1, -0.05) is 48.5 Å². The zero-order valence-corrected chi connectivity index (χ0v) is 19.7. The number of nitrogens with zero attached hydrogens (tertiary/aromatic N) is 1. The van der Waals surface area contributed by atoms with Gasteiger partial charge in [-0.15, -0.1) is 0 Å². The molecule has 1 aromatic heterocycles. The van der Waals surface area contributed by atoms with Crippen LogP contribution in [0.2, 0.25) is 0 Å². The van der Waals surface area contributed by atoms with Gasteiger partial charge in [-0.2, -0.15) is 5.26 Å². The standard InChI is InChI=1S/C29H26N4O3/c30-15-20-8-6-19(7-9-20)12-13-31-27(21-4-2-1-3-5-21)28(34)25-16-32-26-14-22(10-11-24(25)26)29(35)33-23-17-36-18-23/h1-11,14,16,23,27,31-32H,12-13,17-18H2,(H,33,35)/t27-/m0/s1. The highest BCUT2D eigenvalue weighted by Gasteiger charge is 2.25. The molecule has 5 rings (SSSR count). The Morgan fingerprint density at radius 3 is 2.53 bits per heavy atom. The van der Waals surface area contributed by atoms with Crippen LogP contribution in [-0.4, -0.2) is 42.5 Å². The molecule has 1 aliphatic rings. The van der Waals surface area contributed by atoms with Crippen molar-refractivity contribution in [2.75, 3.05) is 19.8 Å². The van der Waals surface area contributed by atoms with Gasteiger partial charge in [0.25, 0.3) is 5.91 Å². The Morgan fingerprint density at radius 2 is 1.83 bits per heavy atom. The molecule has 3 N–H and O–H groups in total. The first-order valence-electron chi connectivity index (χ1n) is 11.9. The summed E-state index contributed by atoms with van der Waals surface area (Å²) in [4.78, 5) is 29.4. The second kappa shape index (κ2) is 10.6. The predicted molar refractivity (Wildman–Crippen MR) is 137 cm³/mol. The maximum Gasteiger partial charge on any atom is 0.251 e. The normalized spacial score (nSPS) is 14.1. The number of benzene rings is 3. The minimum absolute atomic E-state index is 0.0453. The van der Waals surface area contributed by atoms with Crippen molar-refractivity contribution in [2.24, 2.45) is 0 Å². The fourth-order valence-corrected chi connectivity index (χ4v) is 4.33. The number of aromatic amines is 1. The van der Waals surface area contributed by atoms with Crippen LogP contribution in [0.25, 0.3) is 10.9 Å². The number of amides is 1. The molecule has 0 aliphatic carbocycles. The number of aromatic nitrogens is 1. The highest BCUT2D eigenvalue weighted by atomic mass is 16.5. The lowest BCUT2D eigenvalue weighted by atomic mass is 9.96. The molecule has 1 atom stereocenters. The summed E-state index contributed by atoms with van der Waals surface area (Å²) < 4.78 is 5.12. The van der Waals surface area contributed by atoms with Crippen molar-refractivity contribution < 1.29 is 14.3 Å². The van der Waals surface area contributed by atoms with Gasteiger partial charge in [0.1, 0.15) is 0 Å². The first-order chi connectivity index (χ1) is 17.6. The van der Waals surface area contributed by atoms with Gasteiger partial charge in [-0.3, -0.25) is 9.59 Å². The zero-order valence-electron chi connectivity index (χ0n) is 19.7. The Kier molecular flexibility index (Phi) is 6.89. The number of carbonyl (C=O) groups is 2. The lowest BCUT2D eigenvalue weighted by Gasteiger charge is -2.26. The number of fused-ring (bicyclic) bond motifs is 1. The minimum atomic E-state index is -0.523. The molecule has 180 valence electrons. The van der Waals surface area contributed by atoms with Gasteiger partial charge < -0.3 is 20.4 Å². The lowest BCUT2D eigenvalue weighted by molar-refractivity contribution is -0.00346. The Hall–Kier alpha value is -4.25. The van der Waals surface area contributed by atoms with Crippen LogP contribution in [0, 0.1) is 11.3 Å². The summed E-state index contributed by atoms with van der Waals surface area (Å²) in [5, 5.41) is 16.1. The third-order valence-electron chi connectivity index (χ3n) is 6.42. The van der Waals surface area contributed by atoms with Crippen molar-refractivity contribution in [3.8, 4) is 6.07 Å². The number of hydrogen-bond acceptors (Lipinski definition) is 5. The van der Waals surface area contributed by atoms with Crippen LogP contribution in [0.4, 0.5) is 0 Å². The van der Waals surface area contributed by atoms with E-state index in [9.17, 15) is 9.59 Å². The molecular formula is C29H26N4O3. The number of nitrogens with one attached hydrogen (secondary N) is 3. The van der Waals surface area contributed by atoms with Crippen LogP contribution in [0.1, 0.15) is 43.4 Å². The molecule has 2 heterocycles. The molecule has 1 amide bonds. The highest BCUT2D eigenvalue weighted by Crippen LogP contribution is 2.26. The van der Waals surface area contributed by atoms with Crippen molar-refractivity contribution in [1.82, 2.24) is 15.6 Å². The van der Waals surface area contributed by atoms with E-state index in [0.29, 0.717) is 36.4 Å². The molecule has 7 heteroatoms. The first-order valence-corrected chi connectivity index (χ1v) is 11.9. The molecule has 0 spiro atoms. The van der Waals surface area contributed by atoms with Gasteiger partial charge in [0.05, 0.1) is 36.9 Å². The van der Waals surface area contributed by atoms with Crippen LogP contribution >= 0.6 is 0 Å². The highest BCUT2D eigenvalue weighted by molar-refractivity contribution is 6.11. The lowest BCUT2D eigenvalue weighted by Crippen LogP contribution is -2.48. The smallest absolute Gasteiger partial charge is 0.251 e. The van der Waals surface area contributed by atoms with Crippen LogP contribution in [0.3, 0.4) is 0 Å². The summed E-state index contributed by atoms with van der Waals surface area (Å²) in [6, 6.07) is 24.1. The zero-order chi connectivity index (χ0) is 24.9. The topological polar surface area (TPSA) is 107 Å². The maximum atomic E-state index is 13.7. The van der Waals surface area contributed by atoms with Crippen LogP contribution in [0.5, 0.6) is 0 Å². The maximum absolute atomic E-state index is 13.7. The number of ether oxygens (including phenoxy) is 1. The fourth-order valence-electron chi connectivity index (χ4n) is 4.33. The second-order valence-corrected chi connectivity index (χ2v) is 8.89. The van der Waals surface area contributed by atoms with E-state index in [0.717, 1.165) is 28.5 Å². The Bertz CT molecular complexity index is 1420. The van der Waals surface area contributed by atoms with Gasteiger partial charge in [0.15, 0.2) is 5.78 Å². The monoisotopic (exact) mass is 478 g/mol. The van der Waals surface area contributed by atoms with Crippen molar-refractivity contribution in [1.29, 1.82) is 5.26 Å². The number of rotatable bonds is 9. The fraction of sp³-hybridized carbons (Fsp3) is 0.207. The molecule has 1 aliphatic heterocycles. The van der Waals surface area contributed by atoms with Gasteiger partial charge >= 0.3 is 0 Å². The van der Waals surface area contributed by atoms with E-state index < -0.39 is 6.04 Å². The summed E-state index contributed by atoms with van der Waals surface area (Å²) in [6.45, 7) is 1.66. The van der Waals surface area contributed by atoms with E-state index in [-0.39, 0.29) is 17.7 Å². The minimum Gasteiger partial charge on any atom is -0.377 e. The number of hydrogen-bond donors (Lipinski definition) is 3. The SMILES string of the molecule is N#Cc1ccc(CCN[C@H](C(=O)c2c[nH]c3cc(C(=O)NC4COC4)ccc23)c2ccccc2)cc1. The molecular weight excluding hydrogens is 452 g/mol. The largest absolute Gasteiger partial charge is 0.377 e. The Balaban J connectivity index is 1.34. The molecule has 7 nitrogen and oxygen atoms in total. The molecule has 36 heavy (non-hydrogen) atoms. The van der Waals surface area contributed by atoms with E-state index in [1.54, 1.807) is 30.5 Å². The summed E-state index contributed by atoms with van der Waals surface area (Å²) in [7, 11) is 0. The van der Waals surface area contributed by atoms with Crippen LogP contribution in [0.15, 0.2) is 79.0 Å². The molecule has 1 fully saturated rings. The van der Waals surface area contributed by atoms with E-state index in [1.165, 1.54) is 0 Å². The molecule has 0 unspecified atom stereocenters. The predicted octanol–water partition coefficient (Wildman–Crippen LogP) is 3.92. The molecule has 1 saturated heterocycles. The molecule has 0 bridgehead atoms. The summed E-state index contributed by atoms with van der Waals surface area (Å²) in [6.07, 6.45) is 2.44. The second-order valence-electron chi connectivity index (χ2n) is 8.89. The van der Waals surface area contributed by atoms with E-state index in [1.807, 2.05) is 48.5 Å². The van der Waals surface area contributed by atoms with E-state index in [4.69, 9.17) is 10.00 Å². The number of nitriles is 1. The first kappa shape index (κ1) is 23.5. The van der Waals surface area contributed by atoms with Gasteiger partial charge in [-0.25, -0.2) is 0 Å². The van der Waals surface area contributed by atoms with E-state index in [2.05, 4.69) is 21.7 Å². The molecule has 0 radical (unpaired) electrons. The number of ketones is 1. The summed E-state index contributed by atoms with van der Waals surface area (Å²) in [5.74, 6) is -0.199. The van der Waals surface area contributed by atoms with Crippen molar-refractivity contribution >= 4 is 22.6 Å². The Labute approximate surface area is 209 Å². The number of carbonyl (C=O) groups excluding carboxylic acids is 2. The van der Waals surface area contributed by atoms with Crippen LogP contribution in [-0.2, 0) is 11.2 Å². The third-order valence-corrected chi connectivity index (χ3v) is 6.42. The van der Waals surface area contributed by atoms with Crippen molar-refractivity contribution in [3.05, 3.63) is 107 Å². The van der Waals surface area contributed by atoms with Crippen molar-refractivity contribution in [3.63, 3.8) is 0 Å². The third kappa shape index (κ3) is 5.05. The molecule has 3 aromatic carbocycles. The number of H-pyrrole nitrogens is 1. The molecule has 0 saturated carbocycles. The van der Waals surface area contributed by atoms with Gasteiger partial charge in [0, 0.05) is 34.8 Å². The van der Waals surface area contributed by atoms with Crippen LogP contribution < -0.4 is 10.6 Å². The average Bonchev–Trinajstić information content (AvgIpc) is 3.32.